The maximum absolute atomic E-state index is 12.4. The first-order valence-corrected chi connectivity index (χ1v) is 8.68. The van der Waals surface area contributed by atoms with Gasteiger partial charge in [-0.05, 0) is 24.2 Å². The summed E-state index contributed by atoms with van der Waals surface area (Å²) in [6.07, 6.45) is 0.379. The molecular weight excluding hydrogens is 391 g/mol. The molecule has 1 aromatic rings. The monoisotopic (exact) mass is 420 g/mol. The molecule has 7 nitrogen and oxygen atoms in total. The predicted molar refractivity (Wildman–Crippen MR) is 112 cm³/mol. The van der Waals surface area contributed by atoms with Gasteiger partial charge in [0.05, 0.1) is 13.0 Å². The van der Waals surface area contributed by atoms with E-state index in [9.17, 15) is 9.59 Å². The number of hydrogen-bond donors (Lipinski definition) is 2. The molecule has 0 aromatic heterocycles. The van der Waals surface area contributed by atoms with Crippen LogP contribution < -0.4 is 11.1 Å². The Kier molecular flexibility index (Phi) is 12.2. The molecule has 3 N–H and O–H groups in total. The number of nitrogens with one attached hydrogen (secondary N) is 1. The van der Waals surface area contributed by atoms with Crippen LogP contribution in [-0.2, 0) is 20.7 Å². The number of likely N-dealkylation sites (N-methyl/N-ethyl adjacent to an activating group) is 1. The first-order valence-electron chi connectivity index (χ1n) is 8.68. The number of ether oxygens (including phenoxy) is 1. The summed E-state index contributed by atoms with van der Waals surface area (Å²) in [5.74, 6) is -0.144. The van der Waals surface area contributed by atoms with Crippen LogP contribution in [0.2, 0.25) is 0 Å². The molecule has 0 aliphatic carbocycles. The number of carbonyl (C=O) groups excluding carboxylic acids is 2. The quantitative estimate of drug-likeness (QED) is 0.690. The Labute approximate surface area is 173 Å². The number of rotatable bonds is 7. The van der Waals surface area contributed by atoms with Crippen molar-refractivity contribution in [2.24, 2.45) is 5.73 Å². The number of methoxy groups -OCH3 is 1. The highest BCUT2D eigenvalue weighted by Gasteiger charge is 2.20. The van der Waals surface area contributed by atoms with Crippen LogP contribution in [0.15, 0.2) is 24.3 Å². The maximum Gasteiger partial charge on any atom is 0.243 e. The molecule has 0 bridgehead atoms. The number of nitrogens with zero attached hydrogens (tertiary/aromatic N) is 2. The zero-order valence-electron chi connectivity index (χ0n) is 15.8. The van der Waals surface area contributed by atoms with Gasteiger partial charge in [0.1, 0.15) is 6.04 Å². The number of halogens is 2. The minimum absolute atomic E-state index is 0. The molecule has 0 spiro atoms. The van der Waals surface area contributed by atoms with Crippen molar-refractivity contribution in [1.82, 2.24) is 9.80 Å². The Morgan fingerprint density at radius 3 is 2.26 bits per heavy atom. The highest BCUT2D eigenvalue weighted by Crippen LogP contribution is 2.12. The molecule has 1 aromatic carbocycles. The SMILES string of the molecule is CCN1CCN(C(=O)Cc2ccc(NC(=O)C(N)COC)cc2)CC1.Cl.Cl. The van der Waals surface area contributed by atoms with Crippen LogP contribution in [0.3, 0.4) is 0 Å². The topological polar surface area (TPSA) is 87.9 Å². The second-order valence-electron chi connectivity index (χ2n) is 6.24. The zero-order valence-corrected chi connectivity index (χ0v) is 17.5. The van der Waals surface area contributed by atoms with E-state index in [1.807, 2.05) is 17.0 Å². The van der Waals surface area contributed by atoms with Crippen LogP contribution in [-0.4, -0.2) is 74.1 Å². The third-order valence-corrected chi connectivity index (χ3v) is 4.43. The molecular formula is C18H30Cl2N4O3. The average molecular weight is 421 g/mol. The Balaban J connectivity index is 0.00000338. The number of amides is 2. The lowest BCUT2D eigenvalue weighted by Crippen LogP contribution is -2.48. The summed E-state index contributed by atoms with van der Waals surface area (Å²) in [5.41, 5.74) is 7.27. The van der Waals surface area contributed by atoms with Crippen molar-refractivity contribution in [3.05, 3.63) is 29.8 Å². The molecule has 1 unspecified atom stereocenters. The van der Waals surface area contributed by atoms with Gasteiger partial charge in [-0.3, -0.25) is 9.59 Å². The van der Waals surface area contributed by atoms with Crippen molar-refractivity contribution in [1.29, 1.82) is 0 Å². The molecule has 1 saturated heterocycles. The van der Waals surface area contributed by atoms with E-state index in [-0.39, 0.29) is 43.2 Å². The van der Waals surface area contributed by atoms with Crippen molar-refractivity contribution in [2.45, 2.75) is 19.4 Å². The fraction of sp³-hybridized carbons (Fsp3) is 0.556. The molecule has 1 fully saturated rings. The maximum atomic E-state index is 12.4. The first kappa shape index (κ1) is 25.6. The van der Waals surface area contributed by atoms with Crippen LogP contribution in [0.5, 0.6) is 0 Å². The van der Waals surface area contributed by atoms with E-state index in [4.69, 9.17) is 10.5 Å². The number of anilines is 1. The fourth-order valence-electron chi connectivity index (χ4n) is 2.80. The Hall–Kier alpha value is -1.38. The lowest BCUT2D eigenvalue weighted by Gasteiger charge is -2.34. The molecule has 27 heavy (non-hydrogen) atoms. The lowest BCUT2D eigenvalue weighted by molar-refractivity contribution is -0.132. The van der Waals surface area contributed by atoms with Crippen LogP contribution in [0.1, 0.15) is 12.5 Å². The highest BCUT2D eigenvalue weighted by atomic mass is 35.5. The predicted octanol–water partition coefficient (Wildman–Crippen LogP) is 1.15. The summed E-state index contributed by atoms with van der Waals surface area (Å²) in [5, 5.41) is 2.74. The summed E-state index contributed by atoms with van der Waals surface area (Å²) in [4.78, 5) is 28.5. The molecule has 2 amide bonds. The number of nitrogens with two attached hydrogens (primary N) is 1. The van der Waals surface area contributed by atoms with E-state index >= 15 is 0 Å². The zero-order chi connectivity index (χ0) is 18.2. The molecule has 1 aliphatic rings. The van der Waals surface area contributed by atoms with Gasteiger partial charge in [-0.15, -0.1) is 24.8 Å². The normalized spacial score (nSPS) is 15.3. The number of carbonyl (C=O) groups is 2. The van der Waals surface area contributed by atoms with Gasteiger partial charge in [-0.25, -0.2) is 0 Å². The van der Waals surface area contributed by atoms with E-state index in [0.29, 0.717) is 12.1 Å². The standard InChI is InChI=1S/C18H28N4O3.2ClH/c1-3-21-8-10-22(11-9-21)17(23)12-14-4-6-15(7-5-14)20-18(24)16(19)13-25-2;;/h4-7,16H,3,8-13,19H2,1-2H3,(H,20,24);2*1H. The molecule has 1 atom stereocenters. The van der Waals surface area contributed by atoms with Crippen molar-refractivity contribution in [3.63, 3.8) is 0 Å². The van der Waals surface area contributed by atoms with E-state index in [2.05, 4.69) is 17.1 Å². The minimum atomic E-state index is -0.701. The summed E-state index contributed by atoms with van der Waals surface area (Å²) in [6.45, 7) is 6.80. The van der Waals surface area contributed by atoms with Gasteiger partial charge in [0.15, 0.2) is 0 Å². The summed E-state index contributed by atoms with van der Waals surface area (Å²) in [6, 6.07) is 6.59. The van der Waals surface area contributed by atoms with Crippen molar-refractivity contribution >= 4 is 42.3 Å². The fourth-order valence-corrected chi connectivity index (χ4v) is 2.80. The van der Waals surface area contributed by atoms with E-state index < -0.39 is 6.04 Å². The largest absolute Gasteiger partial charge is 0.383 e. The van der Waals surface area contributed by atoms with Crippen molar-refractivity contribution in [3.8, 4) is 0 Å². The number of benzene rings is 1. The van der Waals surface area contributed by atoms with Gasteiger partial charge in [0.2, 0.25) is 11.8 Å². The van der Waals surface area contributed by atoms with Crippen LogP contribution >= 0.6 is 24.8 Å². The van der Waals surface area contributed by atoms with Crippen molar-refractivity contribution < 1.29 is 14.3 Å². The lowest BCUT2D eigenvalue weighted by atomic mass is 10.1. The third kappa shape index (κ3) is 8.02. The van der Waals surface area contributed by atoms with Gasteiger partial charge in [0.25, 0.3) is 0 Å². The smallest absolute Gasteiger partial charge is 0.243 e. The second kappa shape index (κ2) is 12.9. The third-order valence-electron chi connectivity index (χ3n) is 4.43. The molecule has 0 radical (unpaired) electrons. The highest BCUT2D eigenvalue weighted by molar-refractivity contribution is 5.94. The summed E-state index contributed by atoms with van der Waals surface area (Å²) in [7, 11) is 1.50. The van der Waals surface area contributed by atoms with E-state index in [0.717, 1.165) is 38.3 Å². The molecule has 154 valence electrons. The van der Waals surface area contributed by atoms with Crippen molar-refractivity contribution in [2.75, 3.05) is 51.8 Å². The molecule has 0 saturated carbocycles. The van der Waals surface area contributed by atoms with Crippen LogP contribution in [0.25, 0.3) is 0 Å². The van der Waals surface area contributed by atoms with Crippen LogP contribution in [0, 0.1) is 0 Å². The summed E-state index contributed by atoms with van der Waals surface area (Å²) >= 11 is 0. The van der Waals surface area contributed by atoms with E-state index in [1.54, 1.807) is 12.1 Å². The van der Waals surface area contributed by atoms with Gasteiger partial charge in [0, 0.05) is 39.0 Å². The van der Waals surface area contributed by atoms with Gasteiger partial charge < -0.3 is 25.6 Å². The van der Waals surface area contributed by atoms with Gasteiger partial charge in [-0.2, -0.15) is 0 Å². The summed E-state index contributed by atoms with van der Waals surface area (Å²) < 4.78 is 4.87. The van der Waals surface area contributed by atoms with Gasteiger partial charge >= 0.3 is 0 Å². The number of piperazine rings is 1. The second-order valence-corrected chi connectivity index (χ2v) is 6.24. The molecule has 1 heterocycles. The number of hydrogen-bond acceptors (Lipinski definition) is 5. The molecule has 2 rings (SSSR count). The van der Waals surface area contributed by atoms with E-state index in [1.165, 1.54) is 7.11 Å². The Bertz CT molecular complexity index is 578. The minimum Gasteiger partial charge on any atom is -0.383 e. The van der Waals surface area contributed by atoms with Gasteiger partial charge in [-0.1, -0.05) is 19.1 Å². The molecule has 1 aliphatic heterocycles. The Morgan fingerprint density at radius 1 is 1.15 bits per heavy atom. The molecule has 9 heteroatoms. The first-order chi connectivity index (χ1) is 12.0. The Morgan fingerprint density at radius 2 is 1.74 bits per heavy atom. The van der Waals surface area contributed by atoms with Crippen LogP contribution in [0.4, 0.5) is 5.69 Å². The average Bonchev–Trinajstić information content (AvgIpc) is 2.63.